The van der Waals surface area contributed by atoms with Crippen molar-refractivity contribution in [3.63, 3.8) is 0 Å². The van der Waals surface area contributed by atoms with Crippen LogP contribution in [0.5, 0.6) is 0 Å². The normalized spacial score (nSPS) is 13.8. The summed E-state index contributed by atoms with van der Waals surface area (Å²) in [6.45, 7) is 8.14. The molecule has 0 heterocycles. The van der Waals surface area contributed by atoms with Gasteiger partial charge in [0.25, 0.3) is 0 Å². The van der Waals surface area contributed by atoms with Gasteiger partial charge in [0.05, 0.1) is 0 Å². The van der Waals surface area contributed by atoms with Crippen molar-refractivity contribution in [1.82, 2.24) is 5.32 Å². The lowest BCUT2D eigenvalue weighted by atomic mass is 10.4. The molecular weight excluding hydrogens is 110 g/mol. The van der Waals surface area contributed by atoms with Gasteiger partial charge in [-0.3, -0.25) is 0 Å². The molecule has 1 heteroatoms. The van der Waals surface area contributed by atoms with Gasteiger partial charge in [-0.1, -0.05) is 12.2 Å². The van der Waals surface area contributed by atoms with Crippen LogP contribution in [0.2, 0.25) is 0 Å². The van der Waals surface area contributed by atoms with E-state index in [0.29, 0.717) is 0 Å². The molecule has 0 aliphatic heterocycles. The molecule has 0 bridgehead atoms. The van der Waals surface area contributed by atoms with Crippen molar-refractivity contribution < 1.29 is 0 Å². The predicted molar refractivity (Wildman–Crippen MR) is 42.0 cm³/mol. The molecule has 0 aromatic heterocycles. The lowest BCUT2D eigenvalue weighted by Crippen LogP contribution is -2.06. The van der Waals surface area contributed by atoms with Crippen LogP contribution in [0.15, 0.2) is 23.5 Å². The van der Waals surface area contributed by atoms with Gasteiger partial charge in [0, 0.05) is 11.4 Å². The number of hydrogen-bond donors (Lipinski definition) is 1. The standard InChI is InChI=1S/C8H15N/c1-5-7(3)9-8(4)6-2/h5-6,9H,1-4H3. The predicted octanol–water partition coefficient (Wildman–Crippen LogP) is 2.42. The third-order valence-corrected chi connectivity index (χ3v) is 1.26. The van der Waals surface area contributed by atoms with Crippen molar-refractivity contribution in [1.29, 1.82) is 0 Å². The lowest BCUT2D eigenvalue weighted by molar-refractivity contribution is 0.959. The van der Waals surface area contributed by atoms with Gasteiger partial charge < -0.3 is 5.32 Å². The van der Waals surface area contributed by atoms with Crippen LogP contribution in [-0.2, 0) is 0 Å². The summed E-state index contributed by atoms with van der Waals surface area (Å²) < 4.78 is 0. The topological polar surface area (TPSA) is 12.0 Å². The first-order valence-corrected chi connectivity index (χ1v) is 3.23. The number of allylic oxidation sites excluding steroid dienone is 4. The number of hydrogen-bond acceptors (Lipinski definition) is 1. The van der Waals surface area contributed by atoms with E-state index in [1.54, 1.807) is 0 Å². The van der Waals surface area contributed by atoms with E-state index in [1.165, 1.54) is 11.4 Å². The zero-order valence-electron chi connectivity index (χ0n) is 6.65. The highest BCUT2D eigenvalue weighted by molar-refractivity contribution is 5.05. The fraction of sp³-hybridized carbons (Fsp3) is 0.500. The van der Waals surface area contributed by atoms with Crippen LogP contribution in [0, 0.1) is 0 Å². The molecule has 0 fully saturated rings. The quantitative estimate of drug-likeness (QED) is 0.597. The maximum Gasteiger partial charge on any atom is 0.00736 e. The van der Waals surface area contributed by atoms with Gasteiger partial charge in [-0.2, -0.15) is 0 Å². The average molecular weight is 125 g/mol. The van der Waals surface area contributed by atoms with E-state index >= 15 is 0 Å². The Bertz CT molecular complexity index is 116. The fourth-order valence-corrected chi connectivity index (χ4v) is 0.455. The van der Waals surface area contributed by atoms with Gasteiger partial charge in [0.2, 0.25) is 0 Å². The minimum Gasteiger partial charge on any atom is -0.363 e. The molecule has 0 saturated heterocycles. The van der Waals surface area contributed by atoms with E-state index in [4.69, 9.17) is 0 Å². The Morgan fingerprint density at radius 1 is 1.00 bits per heavy atom. The monoisotopic (exact) mass is 125 g/mol. The molecule has 0 radical (unpaired) electrons. The zero-order valence-corrected chi connectivity index (χ0v) is 6.65. The molecule has 0 rings (SSSR count). The highest BCUT2D eigenvalue weighted by Crippen LogP contribution is 1.91. The van der Waals surface area contributed by atoms with Crippen molar-refractivity contribution in [2.75, 3.05) is 0 Å². The lowest BCUT2D eigenvalue weighted by Gasteiger charge is -2.03. The Hall–Kier alpha value is -0.720. The first kappa shape index (κ1) is 8.28. The largest absolute Gasteiger partial charge is 0.363 e. The van der Waals surface area contributed by atoms with E-state index < -0.39 is 0 Å². The van der Waals surface area contributed by atoms with Gasteiger partial charge in [-0.05, 0) is 27.7 Å². The molecule has 0 aliphatic carbocycles. The molecule has 0 aromatic rings. The van der Waals surface area contributed by atoms with Crippen LogP contribution in [0.25, 0.3) is 0 Å². The van der Waals surface area contributed by atoms with Crippen LogP contribution in [0.1, 0.15) is 27.7 Å². The molecule has 0 atom stereocenters. The second-order valence-electron chi connectivity index (χ2n) is 2.07. The Balaban J connectivity index is 3.75. The molecule has 0 spiro atoms. The molecule has 1 N–H and O–H groups in total. The van der Waals surface area contributed by atoms with Gasteiger partial charge >= 0.3 is 0 Å². The molecule has 0 aliphatic rings. The zero-order chi connectivity index (χ0) is 7.28. The van der Waals surface area contributed by atoms with Gasteiger partial charge in [-0.15, -0.1) is 0 Å². The van der Waals surface area contributed by atoms with Gasteiger partial charge in [0.15, 0.2) is 0 Å². The van der Waals surface area contributed by atoms with Crippen molar-refractivity contribution in [3.8, 4) is 0 Å². The Morgan fingerprint density at radius 2 is 1.33 bits per heavy atom. The first-order valence-electron chi connectivity index (χ1n) is 3.23. The highest BCUT2D eigenvalue weighted by atomic mass is 14.9. The molecule has 0 saturated carbocycles. The van der Waals surface area contributed by atoms with Crippen LogP contribution in [-0.4, -0.2) is 0 Å². The van der Waals surface area contributed by atoms with Crippen LogP contribution >= 0.6 is 0 Å². The van der Waals surface area contributed by atoms with E-state index in [2.05, 4.69) is 5.32 Å². The minimum atomic E-state index is 1.20. The summed E-state index contributed by atoms with van der Waals surface area (Å²) in [5, 5.41) is 3.20. The molecule has 1 nitrogen and oxygen atoms in total. The Kier molecular flexibility index (Phi) is 3.85. The third kappa shape index (κ3) is 3.83. The maximum absolute atomic E-state index is 3.20. The molecule has 0 amide bonds. The summed E-state index contributed by atoms with van der Waals surface area (Å²) in [6, 6.07) is 0. The van der Waals surface area contributed by atoms with E-state index in [-0.39, 0.29) is 0 Å². The number of nitrogens with one attached hydrogen (secondary N) is 1. The molecule has 0 unspecified atom stereocenters. The van der Waals surface area contributed by atoms with Crippen molar-refractivity contribution in [3.05, 3.63) is 23.5 Å². The maximum atomic E-state index is 3.20. The van der Waals surface area contributed by atoms with Gasteiger partial charge in [0.1, 0.15) is 0 Å². The molecule has 9 heavy (non-hydrogen) atoms. The highest BCUT2D eigenvalue weighted by Gasteiger charge is 1.83. The summed E-state index contributed by atoms with van der Waals surface area (Å²) >= 11 is 0. The van der Waals surface area contributed by atoms with Crippen molar-refractivity contribution >= 4 is 0 Å². The Morgan fingerprint density at radius 3 is 1.56 bits per heavy atom. The minimum absolute atomic E-state index is 1.20. The average Bonchev–Trinajstić information content (AvgIpc) is 1.87. The molecule has 52 valence electrons. The smallest absolute Gasteiger partial charge is 0.00736 e. The summed E-state index contributed by atoms with van der Waals surface area (Å²) in [4.78, 5) is 0. The van der Waals surface area contributed by atoms with Gasteiger partial charge in [-0.25, -0.2) is 0 Å². The van der Waals surface area contributed by atoms with E-state index in [9.17, 15) is 0 Å². The number of rotatable bonds is 2. The van der Waals surface area contributed by atoms with Crippen LogP contribution < -0.4 is 5.32 Å². The summed E-state index contributed by atoms with van der Waals surface area (Å²) in [5.41, 5.74) is 2.40. The van der Waals surface area contributed by atoms with Crippen LogP contribution in [0.4, 0.5) is 0 Å². The summed E-state index contributed by atoms with van der Waals surface area (Å²) in [7, 11) is 0. The van der Waals surface area contributed by atoms with Crippen molar-refractivity contribution in [2.24, 2.45) is 0 Å². The fourth-order valence-electron chi connectivity index (χ4n) is 0.455. The van der Waals surface area contributed by atoms with Crippen LogP contribution in [0.3, 0.4) is 0 Å². The first-order chi connectivity index (χ1) is 4.20. The van der Waals surface area contributed by atoms with E-state index in [0.717, 1.165) is 0 Å². The molecular formula is C8H15N. The summed E-state index contributed by atoms with van der Waals surface area (Å²) in [5.74, 6) is 0. The Labute approximate surface area is 57.5 Å². The summed E-state index contributed by atoms with van der Waals surface area (Å²) in [6.07, 6.45) is 4.10. The van der Waals surface area contributed by atoms with E-state index in [1.807, 2.05) is 39.8 Å². The SMILES string of the molecule is CC=C(C)NC(C)=CC. The second kappa shape index (κ2) is 4.19. The second-order valence-corrected chi connectivity index (χ2v) is 2.07. The third-order valence-electron chi connectivity index (χ3n) is 1.26. The molecule has 0 aromatic carbocycles. The van der Waals surface area contributed by atoms with Crippen molar-refractivity contribution in [2.45, 2.75) is 27.7 Å².